The fraction of sp³-hybridized carbons (Fsp3) is 0.857. The van der Waals surface area contributed by atoms with Gasteiger partial charge in [0, 0.05) is 6.04 Å². The standard InChI is InChI=1S/C7H13NO2/c1-3-8(2)6-4-5(6)7(9)10/h5-6H,3-4H2,1-2H3,(H,9,10). The summed E-state index contributed by atoms with van der Waals surface area (Å²) in [4.78, 5) is 12.4. The molecule has 0 radical (unpaired) electrons. The normalized spacial score (nSPS) is 30.7. The monoisotopic (exact) mass is 143 g/mol. The second kappa shape index (κ2) is 2.58. The molecule has 1 rings (SSSR count). The molecule has 0 amide bonds. The van der Waals surface area contributed by atoms with E-state index >= 15 is 0 Å². The summed E-state index contributed by atoms with van der Waals surface area (Å²) in [5, 5.41) is 8.54. The zero-order valence-electron chi connectivity index (χ0n) is 6.37. The first-order chi connectivity index (χ1) is 4.66. The number of hydrogen-bond donors (Lipinski definition) is 1. The van der Waals surface area contributed by atoms with Crippen molar-refractivity contribution in [2.24, 2.45) is 5.92 Å². The molecule has 10 heavy (non-hydrogen) atoms. The molecule has 0 aromatic carbocycles. The molecule has 3 heteroatoms. The van der Waals surface area contributed by atoms with Crippen molar-refractivity contribution in [1.29, 1.82) is 0 Å². The quantitative estimate of drug-likeness (QED) is 0.622. The van der Waals surface area contributed by atoms with Crippen LogP contribution in [0.15, 0.2) is 0 Å². The Balaban J connectivity index is 2.31. The molecule has 58 valence electrons. The van der Waals surface area contributed by atoms with Crippen molar-refractivity contribution in [2.75, 3.05) is 13.6 Å². The second-order valence-electron chi connectivity index (χ2n) is 2.82. The van der Waals surface area contributed by atoms with Crippen LogP contribution in [0.5, 0.6) is 0 Å². The van der Waals surface area contributed by atoms with E-state index in [9.17, 15) is 4.79 Å². The van der Waals surface area contributed by atoms with E-state index in [4.69, 9.17) is 5.11 Å². The van der Waals surface area contributed by atoms with Gasteiger partial charge in [0.2, 0.25) is 0 Å². The van der Waals surface area contributed by atoms with Gasteiger partial charge in [0.05, 0.1) is 5.92 Å². The largest absolute Gasteiger partial charge is 0.481 e. The fourth-order valence-corrected chi connectivity index (χ4v) is 1.17. The average Bonchev–Trinajstić information content (AvgIpc) is 2.64. The topological polar surface area (TPSA) is 40.5 Å². The van der Waals surface area contributed by atoms with Gasteiger partial charge >= 0.3 is 5.97 Å². The summed E-state index contributed by atoms with van der Waals surface area (Å²) in [7, 11) is 1.97. The number of aliphatic carboxylic acids is 1. The van der Waals surface area contributed by atoms with Crippen LogP contribution in [-0.2, 0) is 4.79 Å². The predicted molar refractivity (Wildman–Crippen MR) is 37.8 cm³/mol. The highest BCUT2D eigenvalue weighted by Gasteiger charge is 2.45. The molecule has 0 bridgehead atoms. The maximum Gasteiger partial charge on any atom is 0.308 e. The van der Waals surface area contributed by atoms with Gasteiger partial charge in [0.15, 0.2) is 0 Å². The summed E-state index contributed by atoms with van der Waals surface area (Å²) in [6.07, 6.45) is 0.833. The van der Waals surface area contributed by atoms with Crippen LogP contribution in [0.25, 0.3) is 0 Å². The molecule has 0 aliphatic heterocycles. The van der Waals surface area contributed by atoms with E-state index in [0.29, 0.717) is 6.04 Å². The highest BCUT2D eigenvalue weighted by atomic mass is 16.4. The third-order valence-electron chi connectivity index (χ3n) is 2.14. The highest BCUT2D eigenvalue weighted by Crippen LogP contribution is 2.34. The predicted octanol–water partition coefficient (Wildman–Crippen LogP) is 0.411. The van der Waals surface area contributed by atoms with Crippen LogP contribution < -0.4 is 0 Å². The van der Waals surface area contributed by atoms with E-state index in [2.05, 4.69) is 4.90 Å². The first-order valence-electron chi connectivity index (χ1n) is 3.59. The average molecular weight is 143 g/mol. The van der Waals surface area contributed by atoms with Crippen LogP contribution in [0, 0.1) is 5.92 Å². The fourth-order valence-electron chi connectivity index (χ4n) is 1.17. The number of rotatable bonds is 3. The Morgan fingerprint density at radius 1 is 1.80 bits per heavy atom. The summed E-state index contributed by atoms with van der Waals surface area (Å²) < 4.78 is 0. The minimum absolute atomic E-state index is 0.0926. The third-order valence-corrected chi connectivity index (χ3v) is 2.14. The van der Waals surface area contributed by atoms with Crippen molar-refractivity contribution < 1.29 is 9.90 Å². The van der Waals surface area contributed by atoms with Gasteiger partial charge in [-0.1, -0.05) is 6.92 Å². The Kier molecular flexibility index (Phi) is 1.94. The van der Waals surface area contributed by atoms with Crippen LogP contribution in [0.1, 0.15) is 13.3 Å². The lowest BCUT2D eigenvalue weighted by Gasteiger charge is -2.11. The van der Waals surface area contributed by atoms with Crippen LogP contribution in [0.4, 0.5) is 0 Å². The molecule has 1 fully saturated rings. The summed E-state index contributed by atoms with van der Waals surface area (Å²) in [6, 6.07) is 0.308. The molecule has 0 spiro atoms. The molecule has 3 nitrogen and oxygen atoms in total. The molecule has 2 unspecified atom stereocenters. The van der Waals surface area contributed by atoms with Crippen LogP contribution in [0.3, 0.4) is 0 Å². The van der Waals surface area contributed by atoms with Gasteiger partial charge in [0.25, 0.3) is 0 Å². The van der Waals surface area contributed by atoms with Crippen molar-refractivity contribution in [3.63, 3.8) is 0 Å². The number of carboxylic acid groups (broad SMARTS) is 1. The van der Waals surface area contributed by atoms with Gasteiger partial charge in [-0.05, 0) is 20.0 Å². The lowest BCUT2D eigenvalue weighted by atomic mass is 10.4. The Bertz CT molecular complexity index is 147. The Labute approximate surface area is 60.6 Å². The molecule has 0 heterocycles. The van der Waals surface area contributed by atoms with Crippen LogP contribution in [-0.4, -0.2) is 35.6 Å². The summed E-state index contributed by atoms with van der Waals surface area (Å²) >= 11 is 0. The van der Waals surface area contributed by atoms with Crippen molar-refractivity contribution in [3.05, 3.63) is 0 Å². The SMILES string of the molecule is CCN(C)C1CC1C(=O)O. The first-order valence-corrected chi connectivity index (χ1v) is 3.59. The smallest absolute Gasteiger partial charge is 0.308 e. The molecule has 1 aliphatic carbocycles. The van der Waals surface area contributed by atoms with E-state index in [-0.39, 0.29) is 5.92 Å². The van der Waals surface area contributed by atoms with E-state index in [1.807, 2.05) is 14.0 Å². The number of carbonyl (C=O) groups is 1. The Morgan fingerprint density at radius 3 is 2.70 bits per heavy atom. The maximum absolute atomic E-state index is 10.4. The third kappa shape index (κ3) is 1.29. The molecular formula is C7H13NO2. The van der Waals surface area contributed by atoms with Crippen molar-refractivity contribution in [2.45, 2.75) is 19.4 Å². The zero-order valence-corrected chi connectivity index (χ0v) is 6.37. The number of hydrogen-bond acceptors (Lipinski definition) is 2. The summed E-state index contributed by atoms with van der Waals surface area (Å²) in [5.74, 6) is -0.741. The minimum Gasteiger partial charge on any atom is -0.481 e. The molecule has 0 aromatic heterocycles. The Morgan fingerprint density at radius 2 is 2.40 bits per heavy atom. The van der Waals surface area contributed by atoms with Crippen LogP contribution >= 0.6 is 0 Å². The lowest BCUT2D eigenvalue weighted by molar-refractivity contribution is -0.138. The highest BCUT2D eigenvalue weighted by molar-refractivity contribution is 5.74. The summed E-state index contributed by atoms with van der Waals surface area (Å²) in [6.45, 7) is 2.98. The van der Waals surface area contributed by atoms with Gasteiger partial charge in [-0.3, -0.25) is 4.79 Å². The van der Waals surface area contributed by atoms with E-state index in [1.165, 1.54) is 0 Å². The van der Waals surface area contributed by atoms with Crippen molar-refractivity contribution in [3.8, 4) is 0 Å². The van der Waals surface area contributed by atoms with E-state index in [1.54, 1.807) is 0 Å². The van der Waals surface area contributed by atoms with Gasteiger partial charge < -0.3 is 10.0 Å². The molecular weight excluding hydrogens is 130 g/mol. The minimum atomic E-state index is -0.648. The number of carboxylic acids is 1. The molecule has 1 N–H and O–H groups in total. The van der Waals surface area contributed by atoms with Crippen LogP contribution in [0.2, 0.25) is 0 Å². The first kappa shape index (κ1) is 7.54. The number of nitrogens with zero attached hydrogens (tertiary/aromatic N) is 1. The van der Waals surface area contributed by atoms with Gasteiger partial charge in [-0.15, -0.1) is 0 Å². The van der Waals surface area contributed by atoms with Gasteiger partial charge in [-0.25, -0.2) is 0 Å². The van der Waals surface area contributed by atoms with Crippen molar-refractivity contribution >= 4 is 5.97 Å². The Hall–Kier alpha value is -0.570. The van der Waals surface area contributed by atoms with Gasteiger partial charge in [-0.2, -0.15) is 0 Å². The van der Waals surface area contributed by atoms with E-state index < -0.39 is 5.97 Å². The second-order valence-corrected chi connectivity index (χ2v) is 2.82. The zero-order chi connectivity index (χ0) is 7.72. The molecule has 0 aromatic rings. The molecule has 2 atom stereocenters. The maximum atomic E-state index is 10.4. The molecule has 0 saturated heterocycles. The van der Waals surface area contributed by atoms with Crippen molar-refractivity contribution in [1.82, 2.24) is 4.90 Å². The molecule has 1 saturated carbocycles. The van der Waals surface area contributed by atoms with Gasteiger partial charge in [0.1, 0.15) is 0 Å². The summed E-state index contributed by atoms with van der Waals surface area (Å²) in [5.41, 5.74) is 0. The lowest BCUT2D eigenvalue weighted by Crippen LogP contribution is -2.23. The van der Waals surface area contributed by atoms with E-state index in [0.717, 1.165) is 13.0 Å². The molecule has 1 aliphatic rings.